The Morgan fingerprint density at radius 2 is 1.94 bits per heavy atom. The molecular weight excluding hydrogens is 474 g/mol. The van der Waals surface area contributed by atoms with Gasteiger partial charge in [0, 0.05) is 67.0 Å². The number of halogens is 1. The molecule has 1 atom stereocenters. The number of nitrogens with one attached hydrogen (secondary N) is 1. The second-order valence-corrected chi connectivity index (χ2v) is 10.5. The summed E-state index contributed by atoms with van der Waals surface area (Å²) in [4.78, 5) is 15.4. The monoisotopic (exact) mass is 505 g/mol. The fraction of sp³-hybridized carbons (Fsp3) is 0.357. The van der Waals surface area contributed by atoms with E-state index in [1.807, 2.05) is 36.4 Å². The standard InChI is InChI=1S/C28H32ClN5S/c1-2-3-6-26(32-19-21-9-12-30-13-10-21)33-14-16-34(17-15-33)28-24-8-7-23(29)18-25(24)35-20-22-5-4-11-31-27(22)28/h4-13,18,28,32H,2-3,14-17,19-20H2,1H3/b26-6+. The van der Waals surface area contributed by atoms with Crippen molar-refractivity contribution in [2.75, 3.05) is 26.2 Å². The number of rotatable bonds is 7. The minimum absolute atomic E-state index is 0.156. The average Bonchev–Trinajstić information content (AvgIpc) is 3.06. The van der Waals surface area contributed by atoms with E-state index in [0.717, 1.165) is 56.3 Å². The van der Waals surface area contributed by atoms with Crippen LogP contribution in [0.4, 0.5) is 0 Å². The highest BCUT2D eigenvalue weighted by Gasteiger charge is 2.32. The zero-order valence-electron chi connectivity index (χ0n) is 20.2. The first-order chi connectivity index (χ1) is 17.2. The van der Waals surface area contributed by atoms with Crippen molar-refractivity contribution in [3.8, 4) is 0 Å². The SMILES string of the molecule is CCC/C=C(\NCc1ccncc1)N1CCN(C2c3ccc(Cl)cc3SCc3cccnc32)CC1. The van der Waals surface area contributed by atoms with Crippen LogP contribution in [0.5, 0.6) is 0 Å². The van der Waals surface area contributed by atoms with E-state index >= 15 is 0 Å². The molecule has 5 rings (SSSR count). The number of hydrogen-bond acceptors (Lipinski definition) is 6. The van der Waals surface area contributed by atoms with E-state index < -0.39 is 0 Å². The molecule has 0 aliphatic carbocycles. The fourth-order valence-electron chi connectivity index (χ4n) is 4.86. The zero-order valence-corrected chi connectivity index (χ0v) is 21.7. The van der Waals surface area contributed by atoms with Crippen LogP contribution in [-0.4, -0.2) is 45.9 Å². The van der Waals surface area contributed by atoms with Crippen LogP contribution < -0.4 is 5.32 Å². The number of fused-ring (bicyclic) bond motifs is 2. The highest BCUT2D eigenvalue weighted by molar-refractivity contribution is 7.98. The molecule has 3 aromatic rings. The van der Waals surface area contributed by atoms with E-state index in [2.05, 4.69) is 69.5 Å². The molecule has 0 radical (unpaired) electrons. The first-order valence-electron chi connectivity index (χ1n) is 12.4. The maximum atomic E-state index is 6.38. The van der Waals surface area contributed by atoms with Crippen LogP contribution in [0.1, 0.15) is 48.2 Å². The summed E-state index contributed by atoms with van der Waals surface area (Å²) in [7, 11) is 0. The second-order valence-electron chi connectivity index (χ2n) is 9.03. The Labute approximate surface area is 217 Å². The van der Waals surface area contributed by atoms with Gasteiger partial charge >= 0.3 is 0 Å². The lowest BCUT2D eigenvalue weighted by atomic mass is 9.97. The highest BCUT2D eigenvalue weighted by Crippen LogP contribution is 2.42. The van der Waals surface area contributed by atoms with Crippen LogP contribution in [0, 0.1) is 0 Å². The third-order valence-electron chi connectivity index (χ3n) is 6.71. The number of pyridine rings is 2. The lowest BCUT2D eigenvalue weighted by molar-refractivity contribution is 0.123. The lowest BCUT2D eigenvalue weighted by Crippen LogP contribution is -2.49. The molecule has 1 aromatic carbocycles. The summed E-state index contributed by atoms with van der Waals surface area (Å²) in [6, 6.07) is 14.9. The largest absolute Gasteiger partial charge is 0.368 e. The smallest absolute Gasteiger partial charge is 0.0975 e. The van der Waals surface area contributed by atoms with Crippen molar-refractivity contribution in [2.45, 2.75) is 43.0 Å². The third-order valence-corrected chi connectivity index (χ3v) is 8.06. The predicted octanol–water partition coefficient (Wildman–Crippen LogP) is 5.87. The van der Waals surface area contributed by atoms with E-state index in [4.69, 9.17) is 16.6 Å². The van der Waals surface area contributed by atoms with E-state index in [-0.39, 0.29) is 6.04 Å². The molecule has 1 unspecified atom stereocenters. The Hall–Kier alpha value is -2.54. The molecule has 7 heteroatoms. The van der Waals surface area contributed by atoms with Crippen LogP contribution in [-0.2, 0) is 12.3 Å². The van der Waals surface area contributed by atoms with Crippen LogP contribution in [0.15, 0.2) is 77.8 Å². The number of nitrogens with zero attached hydrogens (tertiary/aromatic N) is 4. The van der Waals surface area contributed by atoms with E-state index in [1.54, 1.807) is 0 Å². The van der Waals surface area contributed by atoms with Crippen molar-refractivity contribution < 1.29 is 0 Å². The average molecular weight is 506 g/mol. The van der Waals surface area contributed by atoms with Gasteiger partial charge < -0.3 is 10.2 Å². The first-order valence-corrected chi connectivity index (χ1v) is 13.8. The lowest BCUT2D eigenvalue weighted by Gasteiger charge is -2.41. The topological polar surface area (TPSA) is 44.3 Å². The molecule has 35 heavy (non-hydrogen) atoms. The molecule has 2 aliphatic heterocycles. The van der Waals surface area contributed by atoms with E-state index in [9.17, 15) is 0 Å². The maximum Gasteiger partial charge on any atom is 0.0975 e. The molecule has 182 valence electrons. The summed E-state index contributed by atoms with van der Waals surface area (Å²) in [6.07, 6.45) is 10.2. The van der Waals surface area contributed by atoms with Gasteiger partial charge in [0.2, 0.25) is 0 Å². The molecule has 4 heterocycles. The van der Waals surface area contributed by atoms with E-state index in [1.165, 1.54) is 33.1 Å². The Morgan fingerprint density at radius 3 is 2.74 bits per heavy atom. The molecule has 1 fully saturated rings. The summed E-state index contributed by atoms with van der Waals surface area (Å²) in [5, 5.41) is 4.49. The Bertz CT molecular complexity index is 1160. The van der Waals surface area contributed by atoms with Gasteiger partial charge in [-0.1, -0.05) is 37.1 Å². The molecular formula is C28H32ClN5S. The summed E-state index contributed by atoms with van der Waals surface area (Å²) in [5.41, 5.74) is 5.07. The van der Waals surface area contributed by atoms with Crippen molar-refractivity contribution >= 4 is 23.4 Å². The Kier molecular flexibility index (Phi) is 7.92. The van der Waals surface area contributed by atoms with Gasteiger partial charge in [-0.2, -0.15) is 0 Å². The maximum absolute atomic E-state index is 6.38. The van der Waals surface area contributed by atoms with Crippen molar-refractivity contribution in [2.24, 2.45) is 0 Å². The second kappa shape index (κ2) is 11.5. The number of benzene rings is 1. The van der Waals surface area contributed by atoms with Gasteiger partial charge in [0.1, 0.15) is 0 Å². The summed E-state index contributed by atoms with van der Waals surface area (Å²) in [6.45, 7) is 6.96. The number of aromatic nitrogens is 2. The van der Waals surface area contributed by atoms with Gasteiger partial charge in [0.15, 0.2) is 0 Å². The predicted molar refractivity (Wildman–Crippen MR) is 144 cm³/mol. The van der Waals surface area contributed by atoms with Gasteiger partial charge in [-0.3, -0.25) is 14.9 Å². The third kappa shape index (κ3) is 5.66. The van der Waals surface area contributed by atoms with Crippen LogP contribution >= 0.6 is 23.4 Å². The number of unbranched alkanes of at least 4 members (excludes halogenated alkanes) is 1. The number of piperazine rings is 1. The summed E-state index contributed by atoms with van der Waals surface area (Å²) in [5.74, 6) is 2.17. The molecule has 1 saturated heterocycles. The molecule has 0 saturated carbocycles. The van der Waals surface area contributed by atoms with Gasteiger partial charge in [0.25, 0.3) is 0 Å². The van der Waals surface area contributed by atoms with Gasteiger partial charge in [0.05, 0.1) is 17.6 Å². The highest BCUT2D eigenvalue weighted by atomic mass is 35.5. The van der Waals surface area contributed by atoms with Gasteiger partial charge in [-0.15, -0.1) is 11.8 Å². The van der Waals surface area contributed by atoms with Crippen molar-refractivity contribution in [1.29, 1.82) is 0 Å². The van der Waals surface area contributed by atoms with Crippen LogP contribution in [0.3, 0.4) is 0 Å². The molecule has 0 amide bonds. The fourth-order valence-corrected chi connectivity index (χ4v) is 6.21. The van der Waals surface area contributed by atoms with Crippen molar-refractivity contribution in [3.63, 3.8) is 0 Å². The Morgan fingerprint density at radius 1 is 1.11 bits per heavy atom. The number of hydrogen-bond donors (Lipinski definition) is 1. The van der Waals surface area contributed by atoms with Gasteiger partial charge in [-0.25, -0.2) is 0 Å². The van der Waals surface area contributed by atoms with Crippen LogP contribution in [0.2, 0.25) is 5.02 Å². The normalized spacial score (nSPS) is 18.5. The summed E-state index contributed by atoms with van der Waals surface area (Å²) >= 11 is 8.25. The van der Waals surface area contributed by atoms with Crippen molar-refractivity contribution in [3.05, 3.63) is 100 Å². The summed E-state index contributed by atoms with van der Waals surface area (Å²) < 4.78 is 0. The molecule has 1 N–H and O–H groups in total. The molecule has 0 bridgehead atoms. The quantitative estimate of drug-likeness (QED) is 0.433. The number of allylic oxidation sites excluding steroid dienone is 1. The minimum Gasteiger partial charge on any atom is -0.368 e. The zero-order chi connectivity index (χ0) is 24.0. The van der Waals surface area contributed by atoms with Crippen LogP contribution in [0.25, 0.3) is 0 Å². The number of thioether (sulfide) groups is 1. The molecule has 2 aromatic heterocycles. The Balaban J connectivity index is 1.34. The van der Waals surface area contributed by atoms with Gasteiger partial charge in [-0.05, 0) is 59.5 Å². The molecule has 2 aliphatic rings. The van der Waals surface area contributed by atoms with Crippen molar-refractivity contribution in [1.82, 2.24) is 25.1 Å². The van der Waals surface area contributed by atoms with E-state index in [0.29, 0.717) is 0 Å². The molecule has 0 spiro atoms. The minimum atomic E-state index is 0.156. The first kappa shape index (κ1) is 24.2. The molecule has 5 nitrogen and oxygen atoms in total.